The number of carbonyl (C=O) groups is 6. The van der Waals surface area contributed by atoms with Crippen LogP contribution in [0.25, 0.3) is 0 Å². The van der Waals surface area contributed by atoms with Gasteiger partial charge in [0.15, 0.2) is 34.5 Å². The van der Waals surface area contributed by atoms with E-state index in [1.807, 2.05) is 6.07 Å². The van der Waals surface area contributed by atoms with Gasteiger partial charge in [0.05, 0.1) is 32.5 Å². The Morgan fingerprint density at radius 1 is 0.378 bits per heavy atom. The van der Waals surface area contributed by atoms with Crippen LogP contribution in [0.4, 0.5) is 0 Å². The predicted octanol–water partition coefficient (Wildman–Crippen LogP) is 15.6. The minimum Gasteiger partial charge on any atom is -0.504 e. The number of rotatable bonds is 46. The summed E-state index contributed by atoms with van der Waals surface area (Å²) in [5.41, 5.74) is -1.70. The molecule has 19 nitrogen and oxygen atoms in total. The Kier molecular flexibility index (Phi) is 23.9. The van der Waals surface area contributed by atoms with Crippen LogP contribution >= 0.6 is 0 Å². The number of carboxylic acids is 6. The first kappa shape index (κ1) is 70.5. The third kappa shape index (κ3) is 18.6. The molecule has 0 spiro atoms. The van der Waals surface area contributed by atoms with Crippen LogP contribution in [0.1, 0.15) is 260 Å². The van der Waals surface area contributed by atoms with E-state index in [1.165, 1.54) is 6.07 Å². The maximum atomic E-state index is 12.7. The van der Waals surface area contributed by atoms with E-state index in [9.17, 15) is 79.8 Å². The molecule has 10 N–H and O–H groups in total. The van der Waals surface area contributed by atoms with Crippen molar-refractivity contribution in [2.24, 2.45) is 32.5 Å². The lowest BCUT2D eigenvalue weighted by atomic mass is 9.87. The molecule has 3 aromatic carbocycles. The number of benzene rings is 3. The quantitative estimate of drug-likeness (QED) is 0.0109. The SMILES string of the molecule is CC(C)(CCCCCCc1cc(O)c(O)c(CCCCC2(C(=O)O)CC2)c1OOc1cc(CCCCC2(C(=O)O)CC2)c(Oc2cc(CCCCCC3(C(=O)O)CC3)cc(CCCCC3(C(=O)O)CC3)c2O)c(CCCCCCC(C)(C)C(=O)O)c1O)C(=O)O. The number of unbranched alkanes of at least 4 members (excludes halogenated alkanes) is 11. The number of aromatic hydroxyl groups is 4. The second-order valence-corrected chi connectivity index (χ2v) is 28.5. The molecule has 4 saturated carbocycles. The van der Waals surface area contributed by atoms with Crippen molar-refractivity contribution in [1.29, 1.82) is 0 Å². The summed E-state index contributed by atoms with van der Waals surface area (Å²) in [5.74, 6) is -5.96. The highest BCUT2D eigenvalue weighted by Gasteiger charge is 2.51. The molecule has 0 radical (unpaired) electrons. The van der Waals surface area contributed by atoms with E-state index in [2.05, 4.69) is 0 Å². The number of phenolic OH excluding ortho intramolecular Hbond substituents is 4. The standard InChI is InChI=1S/C71H100O19/c1-66(2,60(76)77)28-16-7-5-11-24-48-44-52(72)56(74)50(27-15-21-33-71(40-41-71)65(86)87)59(48)90-89-54-45-49(25-14-20-32-70(38-39-70)64(84)85)58(51(57(54)75)26-12-6-8-17-29-67(3,4)61(78)79)88-53-43-46(22-10-9-18-30-68(34-35-68)62(80)81)42-47(55(53)73)23-13-19-31-69(36-37-69)63(82)83/h42-45,72-75H,5-41H2,1-4H3,(H,76,77)(H,78,79)(H,80,81)(H,82,83)(H,84,85)(H,86,87). The summed E-state index contributed by atoms with van der Waals surface area (Å²) in [7, 11) is 0. The van der Waals surface area contributed by atoms with Gasteiger partial charge in [0, 0.05) is 16.7 Å². The Hall–Kier alpha value is -6.92. The summed E-state index contributed by atoms with van der Waals surface area (Å²) in [6.45, 7) is 6.76. The van der Waals surface area contributed by atoms with E-state index in [0.717, 1.165) is 31.2 Å². The van der Waals surface area contributed by atoms with E-state index < -0.39 is 79.8 Å². The Morgan fingerprint density at radius 2 is 0.744 bits per heavy atom. The van der Waals surface area contributed by atoms with Gasteiger partial charge in [-0.15, -0.1) is 0 Å². The van der Waals surface area contributed by atoms with Crippen LogP contribution in [-0.2, 0) is 67.3 Å². The average Bonchev–Trinajstić information content (AvgIpc) is 2.03. The van der Waals surface area contributed by atoms with Crippen molar-refractivity contribution in [3.63, 3.8) is 0 Å². The highest BCUT2D eigenvalue weighted by molar-refractivity contribution is 5.79. The normalized spacial score (nSPS) is 16.4. The molecule has 4 aliphatic rings. The summed E-state index contributed by atoms with van der Waals surface area (Å²) in [4.78, 5) is 84.7. The van der Waals surface area contributed by atoms with E-state index in [4.69, 9.17) is 14.5 Å². The highest BCUT2D eigenvalue weighted by atomic mass is 17.2. The van der Waals surface area contributed by atoms with Crippen molar-refractivity contribution in [2.75, 3.05) is 0 Å². The lowest BCUT2D eigenvalue weighted by molar-refractivity contribution is -0.148. The topological polar surface area (TPSA) is 332 Å². The summed E-state index contributed by atoms with van der Waals surface area (Å²) in [5, 5.41) is 107. The molecule has 0 aromatic heterocycles. The zero-order chi connectivity index (χ0) is 65.7. The van der Waals surface area contributed by atoms with Gasteiger partial charge < -0.3 is 55.8 Å². The molecule has 0 saturated heterocycles. The summed E-state index contributed by atoms with van der Waals surface area (Å²) < 4.78 is 6.99. The Bertz CT molecular complexity index is 3030. The molecule has 19 heteroatoms. The number of ether oxygens (including phenoxy) is 1. The Balaban J connectivity index is 1.25. The molecule has 0 amide bonds. The van der Waals surface area contributed by atoms with Gasteiger partial charge in [-0.05, 0) is 230 Å². The molecule has 0 atom stereocenters. The zero-order valence-electron chi connectivity index (χ0n) is 53.6. The van der Waals surface area contributed by atoms with Gasteiger partial charge in [-0.3, -0.25) is 38.5 Å². The van der Waals surface area contributed by atoms with E-state index in [-0.39, 0.29) is 52.9 Å². The van der Waals surface area contributed by atoms with Crippen LogP contribution in [0.3, 0.4) is 0 Å². The second kappa shape index (κ2) is 30.5. The van der Waals surface area contributed by atoms with Gasteiger partial charge >= 0.3 is 35.8 Å². The number of phenols is 4. The predicted molar refractivity (Wildman–Crippen MR) is 336 cm³/mol. The first-order chi connectivity index (χ1) is 42.6. The van der Waals surface area contributed by atoms with Crippen molar-refractivity contribution in [3.05, 3.63) is 57.6 Å². The minimum atomic E-state index is -0.926. The summed E-state index contributed by atoms with van der Waals surface area (Å²) in [6, 6.07) is 6.71. The fraction of sp³-hybridized carbons (Fsp3) is 0.662. The lowest BCUT2D eigenvalue weighted by Gasteiger charge is -2.22. The maximum absolute atomic E-state index is 12.7. The zero-order valence-corrected chi connectivity index (χ0v) is 53.6. The molecular formula is C71H100O19. The van der Waals surface area contributed by atoms with Crippen LogP contribution < -0.4 is 14.5 Å². The number of aryl methyl sites for hydroxylation is 4. The van der Waals surface area contributed by atoms with E-state index in [1.54, 1.807) is 39.8 Å². The first-order valence-electron chi connectivity index (χ1n) is 33.3. The summed E-state index contributed by atoms with van der Waals surface area (Å²) in [6.07, 6.45) is 20.4. The molecule has 498 valence electrons. The van der Waals surface area contributed by atoms with E-state index in [0.29, 0.717) is 221 Å². The third-order valence-electron chi connectivity index (χ3n) is 20.5. The fourth-order valence-corrected chi connectivity index (χ4v) is 12.8. The van der Waals surface area contributed by atoms with Gasteiger partial charge in [-0.25, -0.2) is 0 Å². The summed E-state index contributed by atoms with van der Waals surface area (Å²) >= 11 is 0. The van der Waals surface area contributed by atoms with E-state index >= 15 is 0 Å². The molecule has 3 aromatic rings. The first-order valence-corrected chi connectivity index (χ1v) is 33.3. The second-order valence-electron chi connectivity index (χ2n) is 28.5. The van der Waals surface area contributed by atoms with Crippen molar-refractivity contribution in [3.8, 4) is 46.0 Å². The van der Waals surface area contributed by atoms with Gasteiger partial charge in [0.2, 0.25) is 5.75 Å². The van der Waals surface area contributed by atoms with Crippen LogP contribution in [-0.4, -0.2) is 86.9 Å². The number of carboxylic acid groups (broad SMARTS) is 6. The largest absolute Gasteiger partial charge is 0.504 e. The van der Waals surface area contributed by atoms with Crippen molar-refractivity contribution in [2.45, 2.75) is 265 Å². The molecule has 0 heterocycles. The highest BCUT2D eigenvalue weighted by Crippen LogP contribution is 2.54. The molecule has 4 aliphatic carbocycles. The number of hydrogen-bond acceptors (Lipinski definition) is 13. The lowest BCUT2D eigenvalue weighted by Crippen LogP contribution is -2.23. The van der Waals surface area contributed by atoms with Crippen molar-refractivity contribution in [1.82, 2.24) is 0 Å². The van der Waals surface area contributed by atoms with Gasteiger partial charge in [-0.1, -0.05) is 76.7 Å². The fourth-order valence-electron chi connectivity index (χ4n) is 12.8. The van der Waals surface area contributed by atoms with Crippen molar-refractivity contribution >= 4 is 35.8 Å². The average molecular weight is 1260 g/mol. The molecule has 4 fully saturated rings. The van der Waals surface area contributed by atoms with Gasteiger partial charge in [-0.2, -0.15) is 0 Å². The Morgan fingerprint density at radius 3 is 1.19 bits per heavy atom. The van der Waals surface area contributed by atoms with Crippen molar-refractivity contribution < 1.29 is 94.3 Å². The van der Waals surface area contributed by atoms with Crippen LogP contribution in [0, 0.1) is 32.5 Å². The number of hydrogen-bond donors (Lipinski definition) is 10. The molecule has 90 heavy (non-hydrogen) atoms. The Labute approximate surface area is 529 Å². The monoisotopic (exact) mass is 1260 g/mol. The smallest absolute Gasteiger partial charge is 0.309 e. The third-order valence-corrected chi connectivity index (χ3v) is 20.5. The molecule has 0 unspecified atom stereocenters. The molecule has 0 bridgehead atoms. The van der Waals surface area contributed by atoms with Gasteiger partial charge in [0.1, 0.15) is 5.75 Å². The minimum absolute atomic E-state index is 0.102. The maximum Gasteiger partial charge on any atom is 0.309 e. The number of aliphatic carboxylic acids is 6. The molecular weight excluding hydrogens is 1160 g/mol. The molecule has 7 rings (SSSR count). The van der Waals surface area contributed by atoms with Gasteiger partial charge in [0.25, 0.3) is 0 Å². The van der Waals surface area contributed by atoms with Crippen LogP contribution in [0.15, 0.2) is 24.3 Å². The van der Waals surface area contributed by atoms with Crippen LogP contribution in [0.5, 0.6) is 46.0 Å². The molecule has 0 aliphatic heterocycles. The van der Waals surface area contributed by atoms with Crippen LogP contribution in [0.2, 0.25) is 0 Å².